The lowest BCUT2D eigenvalue weighted by Crippen LogP contribution is -2.21. The van der Waals surface area contributed by atoms with Crippen LogP contribution >= 0.6 is 0 Å². The first-order chi connectivity index (χ1) is 9.74. The Bertz CT molecular complexity index is 567. The molecule has 1 fully saturated rings. The Morgan fingerprint density at radius 2 is 1.95 bits per heavy atom. The Hall–Kier alpha value is -1.80. The molecule has 0 radical (unpaired) electrons. The number of rotatable bonds is 5. The molecule has 2 aromatic carbocycles. The quantitative estimate of drug-likeness (QED) is 0.862. The van der Waals surface area contributed by atoms with Gasteiger partial charge < -0.3 is 10.4 Å². The summed E-state index contributed by atoms with van der Waals surface area (Å²) >= 11 is 0. The molecule has 0 aromatic heterocycles. The van der Waals surface area contributed by atoms with E-state index < -0.39 is 0 Å². The van der Waals surface area contributed by atoms with E-state index in [1.165, 1.54) is 12.0 Å². The standard InChI is InChI=1S/C18H21NO/c1-13(15-8-5-9-17(20)10-15)19-12-16-11-18(16)14-6-3-2-4-7-14/h2-10,13,16,18-20H,11-12H2,1H3/t13-,16+,18+/m1/s1. The summed E-state index contributed by atoms with van der Waals surface area (Å²) < 4.78 is 0. The van der Waals surface area contributed by atoms with Gasteiger partial charge in [-0.2, -0.15) is 0 Å². The molecule has 0 aliphatic heterocycles. The van der Waals surface area contributed by atoms with Crippen LogP contribution in [0.25, 0.3) is 0 Å². The van der Waals surface area contributed by atoms with Gasteiger partial charge in [0.1, 0.15) is 5.75 Å². The molecule has 2 heteroatoms. The second-order valence-electron chi connectivity index (χ2n) is 5.74. The van der Waals surface area contributed by atoms with Crippen LogP contribution in [0, 0.1) is 5.92 Å². The van der Waals surface area contributed by atoms with Gasteiger partial charge in [0.15, 0.2) is 0 Å². The molecule has 0 spiro atoms. The molecule has 0 bridgehead atoms. The molecule has 2 N–H and O–H groups in total. The molecule has 20 heavy (non-hydrogen) atoms. The third kappa shape index (κ3) is 3.02. The molecule has 1 saturated carbocycles. The number of benzene rings is 2. The molecule has 2 nitrogen and oxygen atoms in total. The number of nitrogens with one attached hydrogen (secondary N) is 1. The summed E-state index contributed by atoms with van der Waals surface area (Å²) in [6, 6.07) is 18.5. The van der Waals surface area contributed by atoms with Gasteiger partial charge in [-0.25, -0.2) is 0 Å². The fourth-order valence-electron chi connectivity index (χ4n) is 2.82. The molecule has 0 unspecified atom stereocenters. The Labute approximate surface area is 120 Å². The lowest BCUT2D eigenvalue weighted by Gasteiger charge is -2.14. The highest BCUT2D eigenvalue weighted by atomic mass is 16.3. The monoisotopic (exact) mass is 267 g/mol. The number of phenolic OH excluding ortho intramolecular Hbond substituents is 1. The minimum Gasteiger partial charge on any atom is -0.508 e. The minimum absolute atomic E-state index is 0.277. The molecule has 3 atom stereocenters. The third-order valence-corrected chi connectivity index (χ3v) is 4.21. The predicted octanol–water partition coefficient (Wildman–Crippen LogP) is 3.85. The maximum absolute atomic E-state index is 9.51. The van der Waals surface area contributed by atoms with Crippen molar-refractivity contribution >= 4 is 0 Å². The SMILES string of the molecule is C[C@@H](NC[C@@H]1C[C@H]1c1ccccc1)c1cccc(O)c1. The highest BCUT2D eigenvalue weighted by Crippen LogP contribution is 2.47. The van der Waals surface area contributed by atoms with Gasteiger partial charge in [0.05, 0.1) is 0 Å². The summed E-state index contributed by atoms with van der Waals surface area (Å²) in [5.74, 6) is 1.81. The van der Waals surface area contributed by atoms with Crippen molar-refractivity contribution in [3.8, 4) is 5.75 Å². The van der Waals surface area contributed by atoms with Crippen LogP contribution in [0.5, 0.6) is 5.75 Å². The lowest BCUT2D eigenvalue weighted by molar-refractivity contribution is 0.471. The maximum atomic E-state index is 9.51. The van der Waals surface area contributed by atoms with E-state index in [9.17, 15) is 5.11 Å². The van der Waals surface area contributed by atoms with Gasteiger partial charge in [0.25, 0.3) is 0 Å². The van der Waals surface area contributed by atoms with Gasteiger partial charge in [-0.3, -0.25) is 0 Å². The zero-order chi connectivity index (χ0) is 13.9. The van der Waals surface area contributed by atoms with Crippen LogP contribution in [-0.4, -0.2) is 11.7 Å². The average molecular weight is 267 g/mol. The topological polar surface area (TPSA) is 32.3 Å². The van der Waals surface area contributed by atoms with Crippen molar-refractivity contribution in [1.29, 1.82) is 0 Å². The number of phenols is 1. The van der Waals surface area contributed by atoms with Crippen molar-refractivity contribution in [2.75, 3.05) is 6.54 Å². The zero-order valence-electron chi connectivity index (χ0n) is 11.8. The van der Waals surface area contributed by atoms with E-state index in [-0.39, 0.29) is 6.04 Å². The Kier molecular flexibility index (Phi) is 3.75. The number of aromatic hydroxyl groups is 1. The lowest BCUT2D eigenvalue weighted by atomic mass is 10.1. The van der Waals surface area contributed by atoms with E-state index in [4.69, 9.17) is 0 Å². The highest BCUT2D eigenvalue weighted by Gasteiger charge is 2.37. The highest BCUT2D eigenvalue weighted by molar-refractivity contribution is 5.29. The van der Waals surface area contributed by atoms with Gasteiger partial charge in [0.2, 0.25) is 0 Å². The van der Waals surface area contributed by atoms with Crippen LogP contribution in [0.4, 0.5) is 0 Å². The predicted molar refractivity (Wildman–Crippen MR) is 81.8 cm³/mol. The zero-order valence-corrected chi connectivity index (χ0v) is 11.8. The van der Waals surface area contributed by atoms with Crippen molar-refractivity contribution in [3.05, 3.63) is 65.7 Å². The molecule has 1 aliphatic rings. The summed E-state index contributed by atoms with van der Waals surface area (Å²) in [5, 5.41) is 13.1. The van der Waals surface area contributed by atoms with Crippen molar-refractivity contribution in [2.45, 2.75) is 25.3 Å². The first-order valence-electron chi connectivity index (χ1n) is 7.31. The summed E-state index contributed by atoms with van der Waals surface area (Å²) in [4.78, 5) is 0. The van der Waals surface area contributed by atoms with Crippen LogP contribution in [-0.2, 0) is 0 Å². The third-order valence-electron chi connectivity index (χ3n) is 4.21. The second kappa shape index (κ2) is 5.68. The normalized spacial score (nSPS) is 22.4. The fourth-order valence-corrected chi connectivity index (χ4v) is 2.82. The molecule has 2 aromatic rings. The van der Waals surface area contributed by atoms with E-state index in [1.54, 1.807) is 6.07 Å². The van der Waals surface area contributed by atoms with Gasteiger partial charge in [-0.1, -0.05) is 42.5 Å². The molecule has 3 rings (SSSR count). The first kappa shape index (κ1) is 13.2. The first-order valence-corrected chi connectivity index (χ1v) is 7.31. The molecule has 0 amide bonds. The average Bonchev–Trinajstić information content (AvgIpc) is 3.25. The fraction of sp³-hybridized carbons (Fsp3) is 0.333. The van der Waals surface area contributed by atoms with Crippen LogP contribution in [0.2, 0.25) is 0 Å². The van der Waals surface area contributed by atoms with Crippen LogP contribution in [0.15, 0.2) is 54.6 Å². The van der Waals surface area contributed by atoms with E-state index in [0.29, 0.717) is 5.75 Å². The van der Waals surface area contributed by atoms with Crippen LogP contribution < -0.4 is 5.32 Å². The largest absolute Gasteiger partial charge is 0.508 e. The maximum Gasteiger partial charge on any atom is 0.115 e. The second-order valence-corrected chi connectivity index (χ2v) is 5.74. The Morgan fingerprint density at radius 3 is 2.70 bits per heavy atom. The number of hydrogen-bond donors (Lipinski definition) is 2. The van der Waals surface area contributed by atoms with Gasteiger partial charge >= 0.3 is 0 Å². The Balaban J connectivity index is 1.52. The van der Waals surface area contributed by atoms with Crippen molar-refractivity contribution in [3.63, 3.8) is 0 Å². The van der Waals surface area contributed by atoms with Crippen LogP contribution in [0.1, 0.15) is 36.4 Å². The van der Waals surface area contributed by atoms with E-state index in [2.05, 4.69) is 48.6 Å². The smallest absolute Gasteiger partial charge is 0.115 e. The van der Waals surface area contributed by atoms with E-state index >= 15 is 0 Å². The van der Waals surface area contributed by atoms with E-state index in [0.717, 1.165) is 23.9 Å². The van der Waals surface area contributed by atoms with Gasteiger partial charge in [0, 0.05) is 6.04 Å². The minimum atomic E-state index is 0.277. The summed E-state index contributed by atoms with van der Waals surface area (Å²) in [5.41, 5.74) is 2.60. The molecular weight excluding hydrogens is 246 g/mol. The van der Waals surface area contributed by atoms with Gasteiger partial charge in [-0.05, 0) is 55.0 Å². The summed E-state index contributed by atoms with van der Waals surface area (Å²) in [6.45, 7) is 3.19. The van der Waals surface area contributed by atoms with Crippen molar-refractivity contribution in [2.24, 2.45) is 5.92 Å². The molecule has 0 saturated heterocycles. The van der Waals surface area contributed by atoms with Crippen molar-refractivity contribution in [1.82, 2.24) is 5.32 Å². The van der Waals surface area contributed by atoms with Crippen molar-refractivity contribution < 1.29 is 5.11 Å². The molecular formula is C18H21NO. The summed E-state index contributed by atoms with van der Waals surface area (Å²) in [6.07, 6.45) is 1.28. The molecule has 1 aliphatic carbocycles. The van der Waals surface area contributed by atoms with E-state index in [1.807, 2.05) is 12.1 Å². The molecule has 104 valence electrons. The van der Waals surface area contributed by atoms with Crippen LogP contribution in [0.3, 0.4) is 0 Å². The Morgan fingerprint density at radius 1 is 1.15 bits per heavy atom. The van der Waals surface area contributed by atoms with Gasteiger partial charge in [-0.15, -0.1) is 0 Å². The molecule has 0 heterocycles. The summed E-state index contributed by atoms with van der Waals surface area (Å²) in [7, 11) is 0. The number of hydrogen-bond acceptors (Lipinski definition) is 2.